The number of benzene rings is 1. The van der Waals surface area contributed by atoms with Gasteiger partial charge in [0, 0.05) is 0 Å². The van der Waals surface area contributed by atoms with Crippen molar-refractivity contribution in [1.29, 1.82) is 0 Å². The highest BCUT2D eigenvalue weighted by Crippen LogP contribution is 2.24. The minimum atomic E-state index is -0.201. The summed E-state index contributed by atoms with van der Waals surface area (Å²) in [7, 11) is 1.64. The summed E-state index contributed by atoms with van der Waals surface area (Å²) in [5, 5.41) is 5.70. The molecule has 1 fully saturated rings. The first kappa shape index (κ1) is 12.6. The fraction of sp³-hybridized carbons (Fsp3) is 0.231. The van der Waals surface area contributed by atoms with Crippen LogP contribution in [0.5, 0.6) is 5.75 Å². The monoisotopic (exact) mass is 262 g/mol. The third kappa shape index (κ3) is 2.36. The van der Waals surface area contributed by atoms with Crippen molar-refractivity contribution in [3.63, 3.8) is 0 Å². The van der Waals surface area contributed by atoms with Gasteiger partial charge in [0.25, 0.3) is 5.91 Å². The summed E-state index contributed by atoms with van der Waals surface area (Å²) in [4.78, 5) is 11.6. The van der Waals surface area contributed by atoms with Crippen LogP contribution in [-0.2, 0) is 4.79 Å². The van der Waals surface area contributed by atoms with Crippen LogP contribution in [0.1, 0.15) is 16.7 Å². The molecule has 0 radical (unpaired) electrons. The SMILES string of the molecule is COc1cc(C)c(/C=C2/NC(=S)NC2=O)cc1C. The first-order valence-electron chi connectivity index (χ1n) is 5.50. The predicted molar refractivity (Wildman–Crippen MR) is 74.3 cm³/mol. The molecule has 1 amide bonds. The minimum Gasteiger partial charge on any atom is -0.496 e. The van der Waals surface area contributed by atoms with Gasteiger partial charge in [0.05, 0.1) is 7.11 Å². The molecule has 0 aliphatic carbocycles. The Bertz CT molecular complexity index is 564. The Balaban J connectivity index is 2.41. The number of aryl methyl sites for hydroxylation is 2. The summed E-state index contributed by atoms with van der Waals surface area (Å²) in [5.41, 5.74) is 3.50. The normalized spacial score (nSPS) is 16.7. The van der Waals surface area contributed by atoms with Crippen LogP contribution in [0.4, 0.5) is 0 Å². The lowest BCUT2D eigenvalue weighted by Crippen LogP contribution is -2.21. The van der Waals surface area contributed by atoms with Crippen molar-refractivity contribution in [2.45, 2.75) is 13.8 Å². The van der Waals surface area contributed by atoms with E-state index in [1.807, 2.05) is 26.0 Å². The fourth-order valence-corrected chi connectivity index (χ4v) is 2.03. The lowest BCUT2D eigenvalue weighted by Gasteiger charge is -2.09. The third-order valence-electron chi connectivity index (χ3n) is 2.80. The van der Waals surface area contributed by atoms with E-state index in [4.69, 9.17) is 17.0 Å². The zero-order chi connectivity index (χ0) is 13.3. The second-order valence-corrected chi connectivity index (χ2v) is 4.55. The number of hydrogen-bond donors (Lipinski definition) is 2. The van der Waals surface area contributed by atoms with Crippen molar-refractivity contribution in [1.82, 2.24) is 10.6 Å². The fourth-order valence-electron chi connectivity index (χ4n) is 1.83. The third-order valence-corrected chi connectivity index (χ3v) is 3.01. The van der Waals surface area contributed by atoms with E-state index in [0.29, 0.717) is 10.8 Å². The van der Waals surface area contributed by atoms with Crippen LogP contribution in [0.15, 0.2) is 17.8 Å². The van der Waals surface area contributed by atoms with Gasteiger partial charge in [0.1, 0.15) is 11.4 Å². The standard InChI is InChI=1S/C13H14N2O2S/c1-7-5-11(17-3)8(2)4-9(7)6-10-12(16)15-13(18)14-10/h4-6H,1-3H3,(H2,14,15,16,18)/b10-6+. The smallest absolute Gasteiger partial charge is 0.273 e. The maximum Gasteiger partial charge on any atom is 0.273 e. The first-order valence-corrected chi connectivity index (χ1v) is 5.91. The van der Waals surface area contributed by atoms with Gasteiger partial charge in [-0.3, -0.25) is 10.1 Å². The Morgan fingerprint density at radius 1 is 1.22 bits per heavy atom. The van der Waals surface area contributed by atoms with Gasteiger partial charge >= 0.3 is 0 Å². The van der Waals surface area contributed by atoms with Crippen LogP contribution in [0.25, 0.3) is 6.08 Å². The lowest BCUT2D eigenvalue weighted by molar-refractivity contribution is -0.115. The summed E-state index contributed by atoms with van der Waals surface area (Å²) in [6.07, 6.45) is 1.79. The van der Waals surface area contributed by atoms with Crippen LogP contribution in [0.2, 0.25) is 0 Å². The van der Waals surface area contributed by atoms with Gasteiger partial charge in [-0.1, -0.05) is 0 Å². The maximum atomic E-state index is 11.6. The molecule has 18 heavy (non-hydrogen) atoms. The summed E-state index contributed by atoms with van der Waals surface area (Å²) < 4.78 is 5.25. The lowest BCUT2D eigenvalue weighted by atomic mass is 10.0. The van der Waals surface area contributed by atoms with Crippen molar-refractivity contribution in [3.8, 4) is 5.75 Å². The maximum absolute atomic E-state index is 11.6. The molecule has 1 aliphatic heterocycles. The Morgan fingerprint density at radius 3 is 2.50 bits per heavy atom. The Morgan fingerprint density at radius 2 is 1.94 bits per heavy atom. The Labute approximate surface area is 111 Å². The molecule has 1 heterocycles. The molecular weight excluding hydrogens is 248 g/mol. The number of thiocarbonyl (C=S) groups is 1. The molecule has 0 saturated carbocycles. The zero-order valence-corrected chi connectivity index (χ0v) is 11.3. The van der Waals surface area contributed by atoms with Gasteiger partial charge < -0.3 is 10.1 Å². The zero-order valence-electron chi connectivity index (χ0n) is 10.5. The van der Waals surface area contributed by atoms with E-state index in [9.17, 15) is 4.79 Å². The van der Waals surface area contributed by atoms with Crippen LogP contribution < -0.4 is 15.4 Å². The number of amides is 1. The number of ether oxygens (including phenoxy) is 1. The van der Waals surface area contributed by atoms with Gasteiger partial charge in [-0.2, -0.15) is 0 Å². The quantitative estimate of drug-likeness (QED) is 0.628. The highest BCUT2D eigenvalue weighted by atomic mass is 32.1. The molecule has 1 saturated heterocycles. The minimum absolute atomic E-state index is 0.201. The topological polar surface area (TPSA) is 50.4 Å². The van der Waals surface area contributed by atoms with E-state index in [1.165, 1.54) is 0 Å². The number of hydrogen-bond acceptors (Lipinski definition) is 3. The first-order chi connectivity index (χ1) is 8.51. The van der Waals surface area contributed by atoms with Crippen molar-refractivity contribution in [3.05, 3.63) is 34.5 Å². The second-order valence-electron chi connectivity index (χ2n) is 4.14. The van der Waals surface area contributed by atoms with Crippen LogP contribution in [-0.4, -0.2) is 18.1 Å². The predicted octanol–water partition coefficient (Wildman–Crippen LogP) is 1.66. The molecule has 0 bridgehead atoms. The van der Waals surface area contributed by atoms with Gasteiger partial charge in [-0.15, -0.1) is 0 Å². The van der Waals surface area contributed by atoms with Crippen LogP contribution in [0.3, 0.4) is 0 Å². The van der Waals surface area contributed by atoms with E-state index in [0.717, 1.165) is 22.4 Å². The number of carbonyl (C=O) groups excluding carboxylic acids is 1. The molecule has 2 rings (SSSR count). The summed E-state index contributed by atoms with van der Waals surface area (Å²) in [5.74, 6) is 0.641. The molecular formula is C13H14N2O2S. The molecule has 2 N–H and O–H groups in total. The molecule has 0 unspecified atom stereocenters. The summed E-state index contributed by atoms with van der Waals surface area (Å²) in [6, 6.07) is 3.93. The molecule has 5 heteroatoms. The van der Waals surface area contributed by atoms with Crippen molar-refractivity contribution in [2.75, 3.05) is 7.11 Å². The van der Waals surface area contributed by atoms with E-state index in [2.05, 4.69) is 10.6 Å². The summed E-state index contributed by atoms with van der Waals surface area (Å²) in [6.45, 7) is 3.94. The summed E-state index contributed by atoms with van der Waals surface area (Å²) >= 11 is 4.88. The van der Waals surface area contributed by atoms with Gasteiger partial charge in [0.15, 0.2) is 5.11 Å². The molecule has 4 nitrogen and oxygen atoms in total. The van der Waals surface area contributed by atoms with Crippen molar-refractivity contribution >= 4 is 29.3 Å². The highest BCUT2D eigenvalue weighted by molar-refractivity contribution is 7.80. The molecule has 0 aromatic heterocycles. The Hall–Kier alpha value is -1.88. The van der Waals surface area contributed by atoms with Gasteiger partial charge in [-0.05, 0) is 61.0 Å². The largest absolute Gasteiger partial charge is 0.496 e. The Kier molecular flexibility index (Phi) is 3.34. The average molecular weight is 262 g/mol. The van der Waals surface area contributed by atoms with E-state index in [1.54, 1.807) is 13.2 Å². The number of methoxy groups -OCH3 is 1. The molecule has 0 spiro atoms. The molecule has 1 aromatic rings. The van der Waals surface area contributed by atoms with Crippen molar-refractivity contribution < 1.29 is 9.53 Å². The average Bonchev–Trinajstić information content (AvgIpc) is 2.62. The highest BCUT2D eigenvalue weighted by Gasteiger charge is 2.20. The molecule has 0 atom stereocenters. The molecule has 1 aromatic carbocycles. The van der Waals surface area contributed by atoms with Crippen LogP contribution >= 0.6 is 12.2 Å². The van der Waals surface area contributed by atoms with Gasteiger partial charge in [-0.25, -0.2) is 0 Å². The second kappa shape index (κ2) is 4.78. The van der Waals surface area contributed by atoms with E-state index in [-0.39, 0.29) is 5.91 Å². The molecule has 1 aliphatic rings. The van der Waals surface area contributed by atoms with Gasteiger partial charge in [0.2, 0.25) is 0 Å². The van der Waals surface area contributed by atoms with Crippen molar-refractivity contribution in [2.24, 2.45) is 0 Å². The van der Waals surface area contributed by atoms with E-state index < -0.39 is 0 Å². The van der Waals surface area contributed by atoms with E-state index >= 15 is 0 Å². The van der Waals surface area contributed by atoms with Crippen LogP contribution in [0, 0.1) is 13.8 Å². The number of rotatable bonds is 2. The molecule has 94 valence electrons. The number of carbonyl (C=O) groups is 1. The number of nitrogens with one attached hydrogen (secondary N) is 2.